The smallest absolute Gasteiger partial charge is 0.212 e. The summed E-state index contributed by atoms with van der Waals surface area (Å²) >= 11 is 1.64. The zero-order chi connectivity index (χ0) is 13.0. The van der Waals surface area contributed by atoms with Crippen molar-refractivity contribution in [1.29, 1.82) is 0 Å². The number of aryl methyl sites for hydroxylation is 3. The average Bonchev–Trinajstić information content (AvgIpc) is 2.93. The lowest BCUT2D eigenvalue weighted by molar-refractivity contribution is 0.414. The molecule has 2 aromatic heterocycles. The van der Waals surface area contributed by atoms with Crippen LogP contribution in [0.5, 0.6) is 5.75 Å². The van der Waals surface area contributed by atoms with Crippen molar-refractivity contribution in [1.82, 2.24) is 14.6 Å². The van der Waals surface area contributed by atoms with E-state index in [-0.39, 0.29) is 0 Å². The highest BCUT2D eigenvalue weighted by atomic mass is 32.1. The molecule has 3 aromatic rings. The molecule has 0 saturated carbocycles. The van der Waals surface area contributed by atoms with Crippen LogP contribution in [-0.4, -0.2) is 21.7 Å². The number of hydrogen-bond acceptors (Lipinski definition) is 4. The van der Waals surface area contributed by atoms with Crippen LogP contribution in [-0.2, 0) is 12.8 Å². The number of aromatic nitrogens is 3. The van der Waals surface area contributed by atoms with Crippen molar-refractivity contribution in [2.75, 3.05) is 7.11 Å². The molecule has 1 aliphatic carbocycles. The Hall–Kier alpha value is -1.88. The molecule has 1 aliphatic rings. The van der Waals surface area contributed by atoms with Gasteiger partial charge in [-0.05, 0) is 43.5 Å². The Morgan fingerprint density at radius 3 is 3.05 bits per heavy atom. The Bertz CT molecular complexity index is 787. The molecule has 0 aliphatic heterocycles. The summed E-state index contributed by atoms with van der Waals surface area (Å²) in [5, 5.41) is 5.60. The summed E-state index contributed by atoms with van der Waals surface area (Å²) in [5.41, 5.74) is 4.85. The van der Waals surface area contributed by atoms with Crippen LogP contribution in [0, 0.1) is 6.92 Å². The summed E-state index contributed by atoms with van der Waals surface area (Å²) in [6.45, 7) is 2.02. The van der Waals surface area contributed by atoms with Crippen LogP contribution in [0.4, 0.5) is 0 Å². The predicted octanol–water partition coefficient (Wildman–Crippen LogP) is 2.87. The van der Waals surface area contributed by atoms with Crippen LogP contribution in [0.1, 0.15) is 16.3 Å². The third-order valence-corrected chi connectivity index (χ3v) is 4.42. The fourth-order valence-electron chi connectivity index (χ4n) is 2.71. The van der Waals surface area contributed by atoms with Crippen molar-refractivity contribution >= 4 is 16.3 Å². The largest absolute Gasteiger partial charge is 0.497 e. The predicted molar refractivity (Wildman–Crippen MR) is 75.0 cm³/mol. The number of benzene rings is 1. The molecular weight excluding hydrogens is 258 g/mol. The second kappa shape index (κ2) is 3.81. The second-order valence-corrected chi connectivity index (χ2v) is 5.91. The number of imidazole rings is 1. The summed E-state index contributed by atoms with van der Waals surface area (Å²) in [6, 6.07) is 6.22. The normalized spacial score (nSPS) is 13.4. The van der Waals surface area contributed by atoms with Crippen LogP contribution in [0.15, 0.2) is 18.2 Å². The topological polar surface area (TPSA) is 39.4 Å². The summed E-state index contributed by atoms with van der Waals surface area (Å²) in [7, 11) is 1.70. The minimum Gasteiger partial charge on any atom is -0.497 e. The fourth-order valence-corrected chi connectivity index (χ4v) is 3.47. The molecule has 4 rings (SSSR count). The first-order valence-corrected chi connectivity index (χ1v) is 7.10. The molecule has 0 unspecified atom stereocenters. The number of methoxy groups -OCH3 is 1. The van der Waals surface area contributed by atoms with Gasteiger partial charge in [0, 0.05) is 5.56 Å². The molecule has 19 heavy (non-hydrogen) atoms. The molecule has 0 atom stereocenters. The maximum absolute atomic E-state index is 5.29. The number of nitrogens with zero attached hydrogens (tertiary/aromatic N) is 3. The zero-order valence-corrected chi connectivity index (χ0v) is 11.6. The first kappa shape index (κ1) is 11.0. The van der Waals surface area contributed by atoms with Crippen LogP contribution < -0.4 is 4.74 Å². The molecular formula is C14H13N3OS. The lowest BCUT2D eigenvalue weighted by Crippen LogP contribution is -2.06. The summed E-state index contributed by atoms with van der Waals surface area (Å²) in [6.07, 6.45) is 2.00. The first-order valence-electron chi connectivity index (χ1n) is 6.28. The molecule has 96 valence electrons. The Kier molecular flexibility index (Phi) is 2.20. The van der Waals surface area contributed by atoms with E-state index in [0.29, 0.717) is 0 Å². The minimum absolute atomic E-state index is 0.914. The molecule has 0 saturated heterocycles. The molecule has 0 fully saturated rings. The SMILES string of the molecule is COc1ccc2c(c1)CCc1c-2nc2sc(C)nn12. The fraction of sp³-hybridized carbons (Fsp3) is 0.286. The van der Waals surface area contributed by atoms with Crippen LogP contribution in [0.25, 0.3) is 16.2 Å². The van der Waals surface area contributed by atoms with Crippen LogP contribution >= 0.6 is 11.3 Å². The van der Waals surface area contributed by atoms with Gasteiger partial charge < -0.3 is 4.74 Å². The maximum Gasteiger partial charge on any atom is 0.212 e. The molecule has 5 heteroatoms. The molecule has 1 aromatic carbocycles. The maximum atomic E-state index is 5.29. The van der Waals surface area contributed by atoms with Crippen molar-refractivity contribution < 1.29 is 4.74 Å². The average molecular weight is 271 g/mol. The van der Waals surface area contributed by atoms with Gasteiger partial charge in [-0.25, -0.2) is 9.50 Å². The van der Waals surface area contributed by atoms with Gasteiger partial charge in [-0.3, -0.25) is 0 Å². The number of hydrogen-bond donors (Lipinski definition) is 0. The summed E-state index contributed by atoms with van der Waals surface area (Å²) < 4.78 is 7.29. The van der Waals surface area contributed by atoms with E-state index in [1.807, 2.05) is 17.5 Å². The van der Waals surface area contributed by atoms with Crippen molar-refractivity contribution in [3.63, 3.8) is 0 Å². The number of ether oxygens (including phenoxy) is 1. The van der Waals surface area contributed by atoms with Gasteiger partial charge in [-0.1, -0.05) is 11.3 Å². The van der Waals surface area contributed by atoms with Gasteiger partial charge in [0.2, 0.25) is 4.96 Å². The van der Waals surface area contributed by atoms with E-state index in [2.05, 4.69) is 17.2 Å². The quantitative estimate of drug-likeness (QED) is 0.683. The summed E-state index contributed by atoms with van der Waals surface area (Å²) in [5.74, 6) is 0.914. The monoisotopic (exact) mass is 271 g/mol. The van der Waals surface area contributed by atoms with Gasteiger partial charge in [-0.15, -0.1) is 0 Å². The van der Waals surface area contributed by atoms with Crippen LogP contribution in [0.2, 0.25) is 0 Å². The Morgan fingerprint density at radius 2 is 2.21 bits per heavy atom. The first-order chi connectivity index (χ1) is 9.26. The molecule has 0 radical (unpaired) electrons. The Labute approximate surface area is 114 Å². The van der Waals surface area contributed by atoms with E-state index < -0.39 is 0 Å². The van der Waals surface area contributed by atoms with Gasteiger partial charge in [0.25, 0.3) is 0 Å². The van der Waals surface area contributed by atoms with Gasteiger partial charge in [0.15, 0.2) is 0 Å². The standard InChI is InChI=1S/C14H13N3OS/c1-8-16-17-12-6-3-9-7-10(18-2)4-5-11(9)13(12)15-14(17)19-8/h4-5,7H,3,6H2,1-2H3. The summed E-state index contributed by atoms with van der Waals surface area (Å²) in [4.78, 5) is 5.74. The van der Waals surface area contributed by atoms with E-state index in [1.165, 1.54) is 16.8 Å². The molecule has 0 bridgehead atoms. The molecule has 0 amide bonds. The van der Waals surface area contributed by atoms with Crippen molar-refractivity contribution in [3.8, 4) is 17.0 Å². The Balaban J connectivity index is 1.96. The number of fused-ring (bicyclic) bond motifs is 5. The molecule has 4 nitrogen and oxygen atoms in total. The van der Waals surface area contributed by atoms with Crippen molar-refractivity contribution in [3.05, 3.63) is 34.5 Å². The third-order valence-electron chi connectivity index (χ3n) is 3.60. The highest BCUT2D eigenvalue weighted by molar-refractivity contribution is 7.16. The van der Waals surface area contributed by atoms with Gasteiger partial charge >= 0.3 is 0 Å². The van der Waals surface area contributed by atoms with E-state index >= 15 is 0 Å². The van der Waals surface area contributed by atoms with E-state index in [9.17, 15) is 0 Å². The van der Waals surface area contributed by atoms with Gasteiger partial charge in [-0.2, -0.15) is 5.10 Å². The minimum atomic E-state index is 0.914. The van der Waals surface area contributed by atoms with Gasteiger partial charge in [0.05, 0.1) is 18.5 Å². The van der Waals surface area contributed by atoms with Crippen molar-refractivity contribution in [2.24, 2.45) is 0 Å². The number of rotatable bonds is 1. The second-order valence-electron chi connectivity index (χ2n) is 4.75. The Morgan fingerprint density at radius 1 is 1.32 bits per heavy atom. The molecule has 0 spiro atoms. The van der Waals surface area contributed by atoms with Crippen molar-refractivity contribution in [2.45, 2.75) is 19.8 Å². The van der Waals surface area contributed by atoms with Gasteiger partial charge in [0.1, 0.15) is 10.8 Å². The lowest BCUT2D eigenvalue weighted by atomic mass is 9.92. The highest BCUT2D eigenvalue weighted by Crippen LogP contribution is 2.36. The van der Waals surface area contributed by atoms with E-state index in [1.54, 1.807) is 18.4 Å². The molecule has 2 heterocycles. The van der Waals surface area contributed by atoms with E-state index in [4.69, 9.17) is 9.72 Å². The lowest BCUT2D eigenvalue weighted by Gasteiger charge is -2.16. The highest BCUT2D eigenvalue weighted by Gasteiger charge is 2.23. The zero-order valence-electron chi connectivity index (χ0n) is 10.8. The van der Waals surface area contributed by atoms with Crippen LogP contribution in [0.3, 0.4) is 0 Å². The molecule has 0 N–H and O–H groups in total. The van der Waals surface area contributed by atoms with E-state index in [0.717, 1.165) is 34.3 Å². The third kappa shape index (κ3) is 1.51.